The molecule has 7 heteroatoms. The maximum absolute atomic E-state index is 13.7. The van der Waals surface area contributed by atoms with E-state index in [1.807, 2.05) is 0 Å². The molecule has 1 N–H and O–H groups in total. The number of anilines is 1. The van der Waals surface area contributed by atoms with Crippen LogP contribution in [0.1, 0.15) is 19.3 Å². The van der Waals surface area contributed by atoms with Crippen LogP contribution >= 0.6 is 0 Å². The van der Waals surface area contributed by atoms with Gasteiger partial charge in [-0.05, 0) is 25.2 Å². The molecule has 1 unspecified atom stereocenters. The van der Waals surface area contributed by atoms with Gasteiger partial charge in [0.05, 0.1) is 0 Å². The molecule has 1 aliphatic heterocycles. The lowest BCUT2D eigenvalue weighted by atomic mass is 9.94. The van der Waals surface area contributed by atoms with Crippen molar-refractivity contribution in [2.75, 3.05) is 24.6 Å². The summed E-state index contributed by atoms with van der Waals surface area (Å²) >= 11 is 0. The summed E-state index contributed by atoms with van der Waals surface area (Å²) in [6.07, 6.45) is 1.77. The number of rotatable bonds is 3. The minimum Gasteiger partial charge on any atom is -0.396 e. The van der Waals surface area contributed by atoms with Crippen molar-refractivity contribution in [2.24, 2.45) is 5.92 Å². The fourth-order valence-corrected chi connectivity index (χ4v) is 2.56. The van der Waals surface area contributed by atoms with E-state index in [-0.39, 0.29) is 25.6 Å². The molecule has 2 rings (SSSR count). The third-order valence-electron chi connectivity index (χ3n) is 3.56. The van der Waals surface area contributed by atoms with Gasteiger partial charge in [-0.15, -0.1) is 0 Å². The van der Waals surface area contributed by atoms with E-state index < -0.39 is 34.8 Å². The van der Waals surface area contributed by atoms with Crippen molar-refractivity contribution in [1.29, 1.82) is 0 Å². The molecule has 1 aliphatic rings. The lowest BCUT2D eigenvalue weighted by Gasteiger charge is -2.34. The Morgan fingerprint density at radius 2 is 1.50 bits per heavy atom. The molecule has 20 heavy (non-hydrogen) atoms. The van der Waals surface area contributed by atoms with Crippen molar-refractivity contribution in [2.45, 2.75) is 19.3 Å². The van der Waals surface area contributed by atoms with E-state index in [4.69, 9.17) is 5.11 Å². The molecular formula is C13H14F5NO. The van der Waals surface area contributed by atoms with Crippen molar-refractivity contribution >= 4 is 5.69 Å². The first kappa shape index (κ1) is 15.0. The Bertz CT molecular complexity index is 477. The Morgan fingerprint density at radius 1 is 0.950 bits per heavy atom. The van der Waals surface area contributed by atoms with E-state index in [1.165, 1.54) is 4.90 Å². The highest BCUT2D eigenvalue weighted by atomic mass is 19.2. The minimum atomic E-state index is -2.15. The maximum atomic E-state index is 13.7. The molecule has 0 bridgehead atoms. The van der Waals surface area contributed by atoms with Gasteiger partial charge in [-0.25, -0.2) is 22.0 Å². The van der Waals surface area contributed by atoms with Gasteiger partial charge in [-0.3, -0.25) is 0 Å². The van der Waals surface area contributed by atoms with Crippen LogP contribution in [0.2, 0.25) is 0 Å². The summed E-state index contributed by atoms with van der Waals surface area (Å²) in [5.74, 6) is -9.63. The number of piperidine rings is 1. The Labute approximate surface area is 112 Å². The van der Waals surface area contributed by atoms with Crippen LogP contribution in [0, 0.1) is 35.0 Å². The predicted octanol–water partition coefficient (Wildman–Crippen LogP) is 2.98. The fraction of sp³-hybridized carbons (Fsp3) is 0.538. The van der Waals surface area contributed by atoms with Crippen molar-refractivity contribution in [3.63, 3.8) is 0 Å². The maximum Gasteiger partial charge on any atom is 0.200 e. The molecule has 0 amide bonds. The quantitative estimate of drug-likeness (QED) is 0.526. The zero-order valence-corrected chi connectivity index (χ0v) is 10.6. The molecule has 0 spiro atoms. The molecule has 0 saturated carbocycles. The van der Waals surface area contributed by atoms with Gasteiger partial charge >= 0.3 is 0 Å². The van der Waals surface area contributed by atoms with Gasteiger partial charge in [0.1, 0.15) is 5.69 Å². The number of halogens is 5. The van der Waals surface area contributed by atoms with Gasteiger partial charge in [-0.1, -0.05) is 0 Å². The summed E-state index contributed by atoms with van der Waals surface area (Å²) in [5, 5.41) is 8.87. The molecule has 2 nitrogen and oxygen atoms in total. The number of hydrogen-bond acceptors (Lipinski definition) is 2. The fourth-order valence-electron chi connectivity index (χ4n) is 2.56. The van der Waals surface area contributed by atoms with Gasteiger partial charge < -0.3 is 10.0 Å². The number of benzene rings is 1. The van der Waals surface area contributed by atoms with Crippen LogP contribution in [-0.2, 0) is 0 Å². The highest BCUT2D eigenvalue weighted by molar-refractivity contribution is 5.51. The summed E-state index contributed by atoms with van der Waals surface area (Å²) in [4.78, 5) is 1.17. The van der Waals surface area contributed by atoms with Crippen molar-refractivity contribution < 1.29 is 27.1 Å². The van der Waals surface area contributed by atoms with E-state index in [2.05, 4.69) is 0 Å². The third-order valence-corrected chi connectivity index (χ3v) is 3.56. The average molecular weight is 295 g/mol. The SMILES string of the molecule is OCCC1CCCN(c2c(F)c(F)c(F)c(F)c2F)C1. The molecule has 1 aromatic carbocycles. The predicted molar refractivity (Wildman–Crippen MR) is 62.9 cm³/mol. The molecule has 1 saturated heterocycles. The van der Waals surface area contributed by atoms with Gasteiger partial charge in [0.2, 0.25) is 5.82 Å². The van der Waals surface area contributed by atoms with Crippen LogP contribution in [0.3, 0.4) is 0 Å². The topological polar surface area (TPSA) is 23.5 Å². The lowest BCUT2D eigenvalue weighted by Crippen LogP contribution is -2.37. The highest BCUT2D eigenvalue weighted by Crippen LogP contribution is 2.33. The van der Waals surface area contributed by atoms with Gasteiger partial charge in [0.15, 0.2) is 23.3 Å². The second-order valence-electron chi connectivity index (χ2n) is 4.89. The van der Waals surface area contributed by atoms with Crippen molar-refractivity contribution in [3.8, 4) is 0 Å². The number of nitrogens with zero attached hydrogens (tertiary/aromatic N) is 1. The van der Waals surface area contributed by atoms with E-state index in [1.54, 1.807) is 0 Å². The van der Waals surface area contributed by atoms with Crippen LogP contribution in [0.15, 0.2) is 0 Å². The summed E-state index contributed by atoms with van der Waals surface area (Å²) in [6, 6.07) is 0. The molecule has 0 aromatic heterocycles. The van der Waals surface area contributed by atoms with Gasteiger partial charge in [-0.2, -0.15) is 0 Å². The van der Waals surface area contributed by atoms with Gasteiger partial charge in [0, 0.05) is 19.7 Å². The summed E-state index contributed by atoms with van der Waals surface area (Å²) in [7, 11) is 0. The zero-order chi connectivity index (χ0) is 14.9. The largest absolute Gasteiger partial charge is 0.396 e. The Morgan fingerprint density at radius 3 is 2.05 bits per heavy atom. The van der Waals surface area contributed by atoms with Crippen molar-refractivity contribution in [3.05, 3.63) is 29.1 Å². The Hall–Kier alpha value is -1.37. The van der Waals surface area contributed by atoms with E-state index in [0.717, 1.165) is 6.42 Å². The molecule has 1 heterocycles. The molecule has 112 valence electrons. The summed E-state index contributed by atoms with van der Waals surface area (Å²) < 4.78 is 66.7. The van der Waals surface area contributed by atoms with Gasteiger partial charge in [0.25, 0.3) is 0 Å². The van der Waals surface area contributed by atoms with Crippen LogP contribution in [0.25, 0.3) is 0 Å². The number of hydrogen-bond donors (Lipinski definition) is 1. The van der Waals surface area contributed by atoms with Crippen molar-refractivity contribution in [1.82, 2.24) is 0 Å². The second kappa shape index (κ2) is 5.95. The monoisotopic (exact) mass is 295 g/mol. The van der Waals surface area contributed by atoms with E-state index in [0.29, 0.717) is 12.8 Å². The molecule has 0 aliphatic carbocycles. The van der Waals surface area contributed by atoms with E-state index in [9.17, 15) is 22.0 Å². The Balaban J connectivity index is 2.37. The minimum absolute atomic E-state index is 0.0243. The number of aliphatic hydroxyl groups is 1. The normalized spacial score (nSPS) is 19.5. The lowest BCUT2D eigenvalue weighted by molar-refractivity contribution is 0.243. The first-order valence-electron chi connectivity index (χ1n) is 6.34. The molecule has 1 atom stereocenters. The zero-order valence-electron chi connectivity index (χ0n) is 10.6. The third kappa shape index (κ3) is 2.59. The summed E-state index contributed by atoms with van der Waals surface area (Å²) in [5.41, 5.74) is -0.871. The molecule has 1 fully saturated rings. The van der Waals surface area contributed by atoms with Crippen LogP contribution in [-0.4, -0.2) is 24.8 Å². The Kier molecular flexibility index (Phi) is 4.47. The smallest absolute Gasteiger partial charge is 0.200 e. The average Bonchev–Trinajstić information content (AvgIpc) is 2.44. The molecule has 0 radical (unpaired) electrons. The first-order chi connectivity index (χ1) is 9.47. The molecular weight excluding hydrogens is 281 g/mol. The summed E-state index contributed by atoms with van der Waals surface area (Å²) in [6.45, 7) is 0.314. The van der Waals surface area contributed by atoms with Crippen LogP contribution < -0.4 is 4.90 Å². The standard InChI is InChI=1S/C13H14F5NO/c14-8-9(15)11(17)13(12(18)10(8)16)19-4-1-2-7(6-19)3-5-20/h7,20H,1-6H2. The van der Waals surface area contributed by atoms with Crippen LogP contribution in [0.4, 0.5) is 27.6 Å². The first-order valence-corrected chi connectivity index (χ1v) is 6.34. The highest BCUT2D eigenvalue weighted by Gasteiger charge is 2.31. The molecule has 1 aromatic rings. The van der Waals surface area contributed by atoms with E-state index >= 15 is 0 Å². The second-order valence-corrected chi connectivity index (χ2v) is 4.89. The number of aliphatic hydroxyl groups excluding tert-OH is 1. The van der Waals surface area contributed by atoms with Crippen LogP contribution in [0.5, 0.6) is 0 Å².